The summed E-state index contributed by atoms with van der Waals surface area (Å²) < 4.78 is 10.9. The lowest BCUT2D eigenvalue weighted by molar-refractivity contribution is 0.241. The summed E-state index contributed by atoms with van der Waals surface area (Å²) in [5, 5.41) is 12.1. The van der Waals surface area contributed by atoms with E-state index < -0.39 is 0 Å². The van der Waals surface area contributed by atoms with Crippen LogP contribution in [0.4, 0.5) is 0 Å². The molecule has 0 spiro atoms. The standard InChI is InChI=1S/C15H17N5O2S/c1-20(8-13-16-12(10-23-2)19-22-13)9-14-17-18-15(21-14)11-6-4-3-5-7-11/h3-7H,8-10H2,1-2H3. The fraction of sp³-hybridized carbons (Fsp3) is 0.333. The van der Waals surface area contributed by atoms with Gasteiger partial charge in [0.05, 0.1) is 18.8 Å². The first-order valence-corrected chi connectivity index (χ1v) is 8.50. The zero-order valence-electron chi connectivity index (χ0n) is 13.0. The van der Waals surface area contributed by atoms with Gasteiger partial charge in [-0.25, -0.2) is 0 Å². The van der Waals surface area contributed by atoms with E-state index in [4.69, 9.17) is 8.94 Å². The fourth-order valence-electron chi connectivity index (χ4n) is 2.07. The van der Waals surface area contributed by atoms with Crippen LogP contribution in [0.3, 0.4) is 0 Å². The monoisotopic (exact) mass is 331 g/mol. The Bertz CT molecular complexity index is 743. The van der Waals surface area contributed by atoms with Gasteiger partial charge in [0.25, 0.3) is 0 Å². The fourth-order valence-corrected chi connectivity index (χ4v) is 2.45. The van der Waals surface area contributed by atoms with Crippen LogP contribution in [0.2, 0.25) is 0 Å². The lowest BCUT2D eigenvalue weighted by atomic mass is 10.2. The van der Waals surface area contributed by atoms with Crippen LogP contribution < -0.4 is 0 Å². The average Bonchev–Trinajstić information content (AvgIpc) is 3.18. The normalized spacial score (nSPS) is 11.3. The molecule has 0 unspecified atom stereocenters. The van der Waals surface area contributed by atoms with E-state index in [0.29, 0.717) is 36.6 Å². The number of aromatic nitrogens is 4. The Hall–Kier alpha value is -2.19. The van der Waals surface area contributed by atoms with E-state index >= 15 is 0 Å². The predicted molar refractivity (Wildman–Crippen MR) is 86.4 cm³/mol. The minimum atomic E-state index is 0.514. The maximum absolute atomic E-state index is 5.69. The first-order valence-electron chi connectivity index (χ1n) is 7.11. The summed E-state index contributed by atoms with van der Waals surface area (Å²) in [6, 6.07) is 9.70. The molecule has 2 heterocycles. The smallest absolute Gasteiger partial charge is 0.247 e. The third kappa shape index (κ3) is 4.17. The quantitative estimate of drug-likeness (QED) is 0.653. The van der Waals surface area contributed by atoms with Crippen LogP contribution in [-0.4, -0.2) is 38.5 Å². The van der Waals surface area contributed by atoms with Crippen LogP contribution in [-0.2, 0) is 18.8 Å². The summed E-state index contributed by atoms with van der Waals surface area (Å²) in [4.78, 5) is 6.31. The van der Waals surface area contributed by atoms with Crippen LogP contribution in [0.15, 0.2) is 39.3 Å². The van der Waals surface area contributed by atoms with E-state index in [-0.39, 0.29) is 0 Å². The van der Waals surface area contributed by atoms with Crippen molar-refractivity contribution in [1.29, 1.82) is 0 Å². The summed E-state index contributed by atoms with van der Waals surface area (Å²) in [5.74, 6) is 3.12. The van der Waals surface area contributed by atoms with Gasteiger partial charge in [-0.3, -0.25) is 4.90 Å². The van der Waals surface area contributed by atoms with E-state index in [0.717, 1.165) is 11.3 Å². The van der Waals surface area contributed by atoms with Crippen LogP contribution >= 0.6 is 11.8 Å². The second-order valence-electron chi connectivity index (χ2n) is 5.08. The predicted octanol–water partition coefficient (Wildman–Crippen LogP) is 2.61. The highest BCUT2D eigenvalue weighted by Gasteiger charge is 2.13. The SMILES string of the molecule is CSCc1noc(CN(C)Cc2nnc(-c3ccccc3)o2)n1. The summed E-state index contributed by atoms with van der Waals surface area (Å²) in [7, 11) is 1.94. The third-order valence-electron chi connectivity index (χ3n) is 3.08. The number of thioether (sulfide) groups is 1. The molecule has 3 rings (SSSR count). The van der Waals surface area contributed by atoms with Gasteiger partial charge in [-0.05, 0) is 25.4 Å². The molecule has 0 amide bonds. The van der Waals surface area contributed by atoms with Gasteiger partial charge in [0, 0.05) is 5.56 Å². The highest BCUT2D eigenvalue weighted by Crippen LogP contribution is 2.17. The van der Waals surface area contributed by atoms with Crippen LogP contribution in [0.5, 0.6) is 0 Å². The largest absolute Gasteiger partial charge is 0.419 e. The summed E-state index contributed by atoms with van der Waals surface area (Å²) >= 11 is 1.66. The number of hydrogen-bond donors (Lipinski definition) is 0. The maximum Gasteiger partial charge on any atom is 0.247 e. The minimum absolute atomic E-state index is 0.514. The van der Waals surface area contributed by atoms with Crippen LogP contribution in [0.1, 0.15) is 17.6 Å². The second-order valence-corrected chi connectivity index (χ2v) is 5.94. The molecule has 0 saturated heterocycles. The van der Waals surface area contributed by atoms with Gasteiger partial charge >= 0.3 is 0 Å². The van der Waals surface area contributed by atoms with Crippen LogP contribution in [0, 0.1) is 0 Å². The van der Waals surface area contributed by atoms with Gasteiger partial charge in [0.15, 0.2) is 5.82 Å². The lowest BCUT2D eigenvalue weighted by Crippen LogP contribution is -2.17. The van der Waals surface area contributed by atoms with Gasteiger partial charge in [-0.2, -0.15) is 16.7 Å². The Morgan fingerprint density at radius 2 is 1.87 bits per heavy atom. The minimum Gasteiger partial charge on any atom is -0.419 e. The molecule has 120 valence electrons. The van der Waals surface area contributed by atoms with Gasteiger partial charge in [-0.15, -0.1) is 10.2 Å². The molecule has 0 aliphatic rings. The Morgan fingerprint density at radius 3 is 2.65 bits per heavy atom. The summed E-state index contributed by atoms with van der Waals surface area (Å²) in [5.41, 5.74) is 0.910. The zero-order chi connectivity index (χ0) is 16.1. The molecule has 7 nitrogen and oxygen atoms in total. The first kappa shape index (κ1) is 15.7. The summed E-state index contributed by atoms with van der Waals surface area (Å²) in [6.07, 6.45) is 2.00. The Kier molecular flexibility index (Phi) is 5.04. The first-order chi connectivity index (χ1) is 11.2. The Labute approximate surface area is 138 Å². The molecule has 1 aromatic carbocycles. The molecule has 8 heteroatoms. The van der Waals surface area contributed by atoms with Crippen molar-refractivity contribution in [3.63, 3.8) is 0 Å². The van der Waals surface area contributed by atoms with Crippen molar-refractivity contribution in [3.05, 3.63) is 47.9 Å². The molecular weight excluding hydrogens is 314 g/mol. The number of hydrogen-bond acceptors (Lipinski definition) is 8. The molecule has 0 bridgehead atoms. The van der Waals surface area contributed by atoms with Gasteiger partial charge < -0.3 is 8.94 Å². The lowest BCUT2D eigenvalue weighted by Gasteiger charge is -2.10. The summed E-state index contributed by atoms with van der Waals surface area (Å²) in [6.45, 7) is 1.05. The van der Waals surface area contributed by atoms with E-state index in [1.54, 1.807) is 11.8 Å². The van der Waals surface area contributed by atoms with Crippen LogP contribution in [0.25, 0.3) is 11.5 Å². The molecule has 0 fully saturated rings. The number of benzene rings is 1. The molecule has 0 N–H and O–H groups in total. The zero-order valence-corrected chi connectivity index (χ0v) is 13.8. The molecule has 0 aliphatic heterocycles. The molecule has 0 aliphatic carbocycles. The van der Waals surface area contributed by atoms with Crippen molar-refractivity contribution in [2.24, 2.45) is 0 Å². The average molecular weight is 331 g/mol. The molecule has 0 atom stereocenters. The van der Waals surface area contributed by atoms with Crippen molar-refractivity contribution in [2.45, 2.75) is 18.8 Å². The Balaban J connectivity index is 1.59. The topological polar surface area (TPSA) is 81.1 Å². The van der Waals surface area contributed by atoms with Gasteiger partial charge in [0.2, 0.25) is 17.7 Å². The number of nitrogens with zero attached hydrogens (tertiary/aromatic N) is 5. The van der Waals surface area contributed by atoms with Crippen molar-refractivity contribution in [3.8, 4) is 11.5 Å². The van der Waals surface area contributed by atoms with E-state index in [1.807, 2.05) is 48.5 Å². The highest BCUT2D eigenvalue weighted by atomic mass is 32.2. The van der Waals surface area contributed by atoms with E-state index in [9.17, 15) is 0 Å². The molecule has 0 radical (unpaired) electrons. The molecule has 23 heavy (non-hydrogen) atoms. The van der Waals surface area contributed by atoms with Crippen molar-refractivity contribution in [1.82, 2.24) is 25.2 Å². The number of rotatable bonds is 7. The highest BCUT2D eigenvalue weighted by molar-refractivity contribution is 7.97. The maximum atomic E-state index is 5.69. The van der Waals surface area contributed by atoms with Gasteiger partial charge in [-0.1, -0.05) is 23.4 Å². The van der Waals surface area contributed by atoms with Crippen molar-refractivity contribution >= 4 is 11.8 Å². The van der Waals surface area contributed by atoms with E-state index in [1.165, 1.54) is 0 Å². The van der Waals surface area contributed by atoms with Gasteiger partial charge in [0.1, 0.15) is 0 Å². The molecule has 0 saturated carbocycles. The molecular formula is C15H17N5O2S. The third-order valence-corrected chi connectivity index (χ3v) is 3.63. The van der Waals surface area contributed by atoms with Crippen molar-refractivity contribution < 1.29 is 8.94 Å². The van der Waals surface area contributed by atoms with Crippen molar-refractivity contribution in [2.75, 3.05) is 13.3 Å². The molecule has 2 aromatic heterocycles. The Morgan fingerprint density at radius 1 is 1.09 bits per heavy atom. The molecule has 3 aromatic rings. The van der Waals surface area contributed by atoms with E-state index in [2.05, 4.69) is 20.3 Å². The second kappa shape index (κ2) is 7.38.